The highest BCUT2D eigenvalue weighted by atomic mass is 32.1. The van der Waals surface area contributed by atoms with Gasteiger partial charge >= 0.3 is 0 Å². The minimum Gasteiger partial charge on any atom is -0.496 e. The normalized spacial score (nSPS) is 15.0. The van der Waals surface area contributed by atoms with Gasteiger partial charge in [0, 0.05) is 29.1 Å². The molecule has 0 bridgehead atoms. The number of ether oxygens (including phenoxy) is 5. The first-order valence-electron chi connectivity index (χ1n) is 11.1. The van der Waals surface area contributed by atoms with E-state index in [0.29, 0.717) is 35.3 Å². The van der Waals surface area contributed by atoms with E-state index in [0.717, 1.165) is 28.0 Å². The zero-order valence-electron chi connectivity index (χ0n) is 20.5. The highest BCUT2D eigenvalue weighted by Crippen LogP contribution is 2.42. The number of carbonyl (C=O) groups excluding carboxylic acids is 1. The molecule has 0 spiro atoms. The Morgan fingerprint density at radius 2 is 1.51 bits per heavy atom. The summed E-state index contributed by atoms with van der Waals surface area (Å²) in [6.45, 7) is 0.581. The van der Waals surface area contributed by atoms with Crippen LogP contribution in [0.1, 0.15) is 27.6 Å². The molecular formula is C27H29NO6S. The van der Waals surface area contributed by atoms with Crippen molar-refractivity contribution in [3.05, 3.63) is 69.4 Å². The minimum absolute atomic E-state index is 0.0966. The van der Waals surface area contributed by atoms with Crippen LogP contribution in [0.15, 0.2) is 47.9 Å². The van der Waals surface area contributed by atoms with Crippen molar-refractivity contribution in [2.75, 3.05) is 42.1 Å². The maximum atomic E-state index is 13.5. The number of nitrogens with zero attached hydrogens (tertiary/aromatic N) is 1. The summed E-state index contributed by atoms with van der Waals surface area (Å²) in [6, 6.07) is 11.4. The van der Waals surface area contributed by atoms with E-state index in [4.69, 9.17) is 23.7 Å². The third kappa shape index (κ3) is 4.79. The van der Waals surface area contributed by atoms with Gasteiger partial charge in [0.05, 0.1) is 41.6 Å². The molecule has 1 unspecified atom stereocenters. The molecular weight excluding hydrogens is 466 g/mol. The number of amides is 1. The van der Waals surface area contributed by atoms with Gasteiger partial charge in [0.15, 0.2) is 23.0 Å². The van der Waals surface area contributed by atoms with Crippen molar-refractivity contribution in [2.24, 2.45) is 0 Å². The molecule has 0 N–H and O–H groups in total. The maximum Gasteiger partial charge on any atom is 0.247 e. The van der Waals surface area contributed by atoms with E-state index in [1.54, 1.807) is 71.2 Å². The second-order valence-corrected chi connectivity index (χ2v) is 8.87. The SMILES string of the molecule is COc1cc(OC)c(OC)cc1/C=C/C(=O)N1CCc2cc(OC)c(OC)cc2C1c1cccs1. The molecule has 1 aromatic heterocycles. The highest BCUT2D eigenvalue weighted by molar-refractivity contribution is 7.10. The number of hydrogen-bond acceptors (Lipinski definition) is 7. The van der Waals surface area contributed by atoms with Crippen LogP contribution in [0.2, 0.25) is 0 Å². The molecule has 1 amide bonds. The smallest absolute Gasteiger partial charge is 0.247 e. The van der Waals surface area contributed by atoms with Crippen LogP contribution in [0, 0.1) is 0 Å². The predicted molar refractivity (Wildman–Crippen MR) is 136 cm³/mol. The van der Waals surface area contributed by atoms with Crippen LogP contribution in [0.5, 0.6) is 28.7 Å². The highest BCUT2D eigenvalue weighted by Gasteiger charge is 2.33. The summed E-state index contributed by atoms with van der Waals surface area (Å²) in [5.74, 6) is 2.94. The molecule has 2 heterocycles. The van der Waals surface area contributed by atoms with E-state index < -0.39 is 0 Å². The molecule has 1 aliphatic rings. The van der Waals surface area contributed by atoms with Gasteiger partial charge in [0.2, 0.25) is 5.91 Å². The molecule has 0 fully saturated rings. The summed E-state index contributed by atoms with van der Waals surface area (Å²) < 4.78 is 27.3. The molecule has 7 nitrogen and oxygen atoms in total. The van der Waals surface area contributed by atoms with Gasteiger partial charge in [-0.25, -0.2) is 0 Å². The number of fused-ring (bicyclic) bond motifs is 1. The van der Waals surface area contributed by atoms with Gasteiger partial charge in [-0.05, 0) is 53.3 Å². The number of carbonyl (C=O) groups is 1. The van der Waals surface area contributed by atoms with E-state index >= 15 is 0 Å². The third-order valence-electron chi connectivity index (χ3n) is 6.11. The van der Waals surface area contributed by atoms with Crippen LogP contribution in [-0.4, -0.2) is 52.9 Å². The summed E-state index contributed by atoms with van der Waals surface area (Å²) in [5, 5.41) is 2.03. The fraction of sp³-hybridized carbons (Fsp3) is 0.296. The quantitative estimate of drug-likeness (QED) is 0.411. The molecule has 3 aromatic rings. The van der Waals surface area contributed by atoms with Crippen molar-refractivity contribution >= 4 is 23.3 Å². The minimum atomic E-state index is -0.219. The number of rotatable bonds is 8. The van der Waals surface area contributed by atoms with Crippen molar-refractivity contribution in [1.29, 1.82) is 0 Å². The Morgan fingerprint density at radius 1 is 0.886 bits per heavy atom. The van der Waals surface area contributed by atoms with Crippen molar-refractivity contribution < 1.29 is 28.5 Å². The summed E-state index contributed by atoms with van der Waals surface area (Å²) in [5.41, 5.74) is 2.91. The van der Waals surface area contributed by atoms with Gasteiger partial charge in [-0.3, -0.25) is 4.79 Å². The van der Waals surface area contributed by atoms with Crippen molar-refractivity contribution in [3.8, 4) is 28.7 Å². The van der Waals surface area contributed by atoms with E-state index in [1.165, 1.54) is 0 Å². The second-order valence-electron chi connectivity index (χ2n) is 7.89. The Bertz CT molecular complexity index is 1220. The lowest BCUT2D eigenvalue weighted by Gasteiger charge is -2.37. The third-order valence-corrected chi connectivity index (χ3v) is 7.04. The van der Waals surface area contributed by atoms with Crippen LogP contribution < -0.4 is 23.7 Å². The Hall–Kier alpha value is -3.65. The molecule has 0 saturated carbocycles. The summed E-state index contributed by atoms with van der Waals surface area (Å²) in [4.78, 5) is 16.5. The van der Waals surface area contributed by atoms with E-state index in [2.05, 4.69) is 6.07 Å². The number of benzene rings is 2. The van der Waals surface area contributed by atoms with E-state index in [-0.39, 0.29) is 11.9 Å². The molecule has 8 heteroatoms. The standard InChI is InChI=1S/C27H29NO6S/c1-30-20-16-24(34-5)22(32-3)14-18(20)8-9-26(29)28-11-10-17-13-21(31-2)23(33-4)15-19(17)27(28)25-7-6-12-35-25/h6-9,12-16,27H,10-11H2,1-5H3/b9-8+. The summed E-state index contributed by atoms with van der Waals surface area (Å²) in [6.07, 6.45) is 4.05. The van der Waals surface area contributed by atoms with Crippen LogP contribution >= 0.6 is 11.3 Å². The molecule has 1 atom stereocenters. The van der Waals surface area contributed by atoms with E-state index in [1.807, 2.05) is 28.5 Å². The van der Waals surface area contributed by atoms with Crippen LogP contribution in [0.25, 0.3) is 6.08 Å². The second kappa shape index (κ2) is 10.7. The first-order chi connectivity index (χ1) is 17.0. The lowest BCUT2D eigenvalue weighted by atomic mass is 9.90. The van der Waals surface area contributed by atoms with Gasteiger partial charge in [0.25, 0.3) is 0 Å². The van der Waals surface area contributed by atoms with Gasteiger partial charge in [-0.1, -0.05) is 6.07 Å². The fourth-order valence-electron chi connectivity index (χ4n) is 4.38. The van der Waals surface area contributed by atoms with Crippen molar-refractivity contribution in [3.63, 3.8) is 0 Å². The van der Waals surface area contributed by atoms with Gasteiger partial charge in [-0.2, -0.15) is 0 Å². The Labute approximate surface area is 209 Å². The summed E-state index contributed by atoms with van der Waals surface area (Å²) in [7, 11) is 7.97. The molecule has 0 saturated heterocycles. The molecule has 184 valence electrons. The van der Waals surface area contributed by atoms with Crippen LogP contribution in [-0.2, 0) is 11.2 Å². The molecule has 2 aromatic carbocycles. The zero-order valence-corrected chi connectivity index (χ0v) is 21.3. The van der Waals surface area contributed by atoms with Crippen LogP contribution in [0.4, 0.5) is 0 Å². The first kappa shape index (κ1) is 24.5. The Balaban J connectivity index is 1.71. The lowest BCUT2D eigenvalue weighted by molar-refractivity contribution is -0.127. The number of thiophene rings is 1. The van der Waals surface area contributed by atoms with Gasteiger partial charge < -0.3 is 28.6 Å². The summed E-state index contributed by atoms with van der Waals surface area (Å²) >= 11 is 1.63. The monoisotopic (exact) mass is 495 g/mol. The average Bonchev–Trinajstić information content (AvgIpc) is 3.44. The largest absolute Gasteiger partial charge is 0.496 e. The lowest BCUT2D eigenvalue weighted by Crippen LogP contribution is -2.39. The molecule has 35 heavy (non-hydrogen) atoms. The maximum absolute atomic E-state index is 13.5. The average molecular weight is 496 g/mol. The van der Waals surface area contributed by atoms with Gasteiger partial charge in [0.1, 0.15) is 5.75 Å². The fourth-order valence-corrected chi connectivity index (χ4v) is 5.23. The Kier molecular flexibility index (Phi) is 7.51. The molecule has 0 radical (unpaired) electrons. The van der Waals surface area contributed by atoms with Crippen molar-refractivity contribution in [1.82, 2.24) is 4.90 Å². The zero-order chi connectivity index (χ0) is 24.9. The Morgan fingerprint density at radius 3 is 2.14 bits per heavy atom. The molecule has 0 aliphatic carbocycles. The van der Waals surface area contributed by atoms with Crippen molar-refractivity contribution in [2.45, 2.75) is 12.5 Å². The first-order valence-corrected chi connectivity index (χ1v) is 12.0. The predicted octanol–water partition coefficient (Wildman–Crippen LogP) is 4.98. The molecule has 1 aliphatic heterocycles. The topological polar surface area (TPSA) is 66.5 Å². The van der Waals surface area contributed by atoms with Gasteiger partial charge in [-0.15, -0.1) is 11.3 Å². The molecule has 4 rings (SSSR count). The number of hydrogen-bond donors (Lipinski definition) is 0. The van der Waals surface area contributed by atoms with E-state index in [9.17, 15) is 4.79 Å². The van der Waals surface area contributed by atoms with Crippen LogP contribution in [0.3, 0.4) is 0 Å². The number of methoxy groups -OCH3 is 5.